The molecule has 0 bridgehead atoms. The molecule has 1 fully saturated rings. The molecule has 2 aromatic rings. The van der Waals surface area contributed by atoms with Gasteiger partial charge in [0.15, 0.2) is 0 Å². The average Bonchev–Trinajstić information content (AvgIpc) is 2.93. The van der Waals surface area contributed by atoms with Gasteiger partial charge in [0.2, 0.25) is 10.0 Å². The Balaban J connectivity index is 1.48. The van der Waals surface area contributed by atoms with Crippen LogP contribution in [0.15, 0.2) is 48.5 Å². The van der Waals surface area contributed by atoms with Crippen molar-refractivity contribution in [3.8, 4) is 0 Å². The number of hydrogen-bond donors (Lipinski definition) is 1. The Labute approximate surface area is 167 Å². The molecule has 0 spiro atoms. The Morgan fingerprint density at radius 1 is 0.852 bits per heavy atom. The molecule has 0 radical (unpaired) electrons. The van der Waals surface area contributed by atoms with Gasteiger partial charge in [0.1, 0.15) is 0 Å². The molecule has 146 valence electrons. The summed E-state index contributed by atoms with van der Waals surface area (Å²) in [4.78, 5) is 2.45. The maximum absolute atomic E-state index is 12.2. The average molecular weight is 407 g/mol. The maximum atomic E-state index is 12.2. The highest BCUT2D eigenvalue weighted by Gasteiger charge is 2.12. The summed E-state index contributed by atoms with van der Waals surface area (Å²) in [6, 6.07) is 15.4. The molecule has 1 N–H and O–H groups in total. The van der Waals surface area contributed by atoms with Gasteiger partial charge in [0, 0.05) is 30.3 Å². The molecule has 2 aromatic carbocycles. The minimum atomic E-state index is -3.35. The second-order valence-corrected chi connectivity index (χ2v) is 9.34. The lowest BCUT2D eigenvalue weighted by atomic mass is 10.1. The third kappa shape index (κ3) is 6.52. The lowest BCUT2D eigenvalue weighted by Gasteiger charge is -2.22. The Hall–Kier alpha value is -1.56. The molecule has 0 aromatic heterocycles. The van der Waals surface area contributed by atoms with E-state index in [1.54, 1.807) is 24.3 Å². The molecule has 1 heterocycles. The van der Waals surface area contributed by atoms with Crippen LogP contribution in [0.5, 0.6) is 0 Å². The summed E-state index contributed by atoms with van der Waals surface area (Å²) in [5.74, 6) is -0.0297. The first-order chi connectivity index (χ1) is 13.0. The van der Waals surface area contributed by atoms with Crippen molar-refractivity contribution in [2.75, 3.05) is 24.5 Å². The van der Waals surface area contributed by atoms with Crippen molar-refractivity contribution in [3.63, 3.8) is 0 Å². The summed E-state index contributed by atoms with van der Waals surface area (Å²) in [7, 11) is -3.35. The molecule has 0 aliphatic carbocycles. The van der Waals surface area contributed by atoms with Gasteiger partial charge in [-0.15, -0.1) is 0 Å². The van der Waals surface area contributed by atoms with E-state index in [9.17, 15) is 8.42 Å². The van der Waals surface area contributed by atoms with E-state index in [1.807, 2.05) is 0 Å². The second kappa shape index (κ2) is 9.58. The molecular weight excluding hydrogens is 380 g/mol. The van der Waals surface area contributed by atoms with Crippen LogP contribution in [0.2, 0.25) is 5.02 Å². The highest BCUT2D eigenvalue weighted by Crippen LogP contribution is 2.20. The lowest BCUT2D eigenvalue weighted by molar-refractivity contribution is 0.581. The van der Waals surface area contributed by atoms with Crippen LogP contribution in [0.1, 0.15) is 36.8 Å². The fourth-order valence-corrected chi connectivity index (χ4v) is 4.68. The van der Waals surface area contributed by atoms with E-state index in [2.05, 4.69) is 33.9 Å². The molecular formula is C21H27ClN2O2S. The number of nitrogens with one attached hydrogen (secondary N) is 1. The van der Waals surface area contributed by atoms with Crippen molar-refractivity contribution < 1.29 is 8.42 Å². The van der Waals surface area contributed by atoms with Crippen molar-refractivity contribution in [3.05, 3.63) is 64.7 Å². The van der Waals surface area contributed by atoms with E-state index in [-0.39, 0.29) is 5.75 Å². The Morgan fingerprint density at radius 3 is 2.07 bits per heavy atom. The van der Waals surface area contributed by atoms with Gasteiger partial charge < -0.3 is 4.90 Å². The summed E-state index contributed by atoms with van der Waals surface area (Å²) in [5, 5.41) is 0.604. The van der Waals surface area contributed by atoms with Crippen LogP contribution in [0.3, 0.4) is 0 Å². The fraction of sp³-hybridized carbons (Fsp3) is 0.429. The zero-order valence-electron chi connectivity index (χ0n) is 15.5. The number of nitrogens with zero attached hydrogens (tertiary/aromatic N) is 1. The summed E-state index contributed by atoms with van der Waals surface area (Å²) >= 11 is 5.83. The normalized spacial score (nSPS) is 15.5. The SMILES string of the molecule is O=S(=O)(Cc1ccc(Cl)cc1)NCCc1ccc(N2CCCCCC2)cc1. The number of hydrogen-bond acceptors (Lipinski definition) is 3. The van der Waals surface area contributed by atoms with Crippen LogP contribution in [0.25, 0.3) is 0 Å². The maximum Gasteiger partial charge on any atom is 0.215 e. The molecule has 27 heavy (non-hydrogen) atoms. The highest BCUT2D eigenvalue weighted by atomic mass is 35.5. The van der Waals surface area contributed by atoms with Crippen molar-refractivity contribution in [2.45, 2.75) is 37.9 Å². The third-order valence-electron chi connectivity index (χ3n) is 4.91. The number of anilines is 1. The van der Waals surface area contributed by atoms with Crippen LogP contribution in [0, 0.1) is 0 Å². The van der Waals surface area contributed by atoms with Crippen LogP contribution in [-0.4, -0.2) is 28.1 Å². The lowest BCUT2D eigenvalue weighted by Crippen LogP contribution is -2.27. The number of sulfonamides is 1. The van der Waals surface area contributed by atoms with Crippen LogP contribution in [0.4, 0.5) is 5.69 Å². The van der Waals surface area contributed by atoms with E-state index in [0.717, 1.165) is 24.2 Å². The zero-order chi connectivity index (χ0) is 19.1. The Morgan fingerprint density at radius 2 is 1.44 bits per heavy atom. The molecule has 3 rings (SSSR count). The van der Waals surface area contributed by atoms with Crippen molar-refractivity contribution in [1.29, 1.82) is 0 Å². The van der Waals surface area contributed by atoms with Gasteiger partial charge in [0.05, 0.1) is 5.75 Å². The van der Waals surface area contributed by atoms with Gasteiger partial charge in [-0.05, 0) is 54.7 Å². The molecule has 0 amide bonds. The van der Waals surface area contributed by atoms with E-state index in [4.69, 9.17) is 11.6 Å². The highest BCUT2D eigenvalue weighted by molar-refractivity contribution is 7.88. The molecule has 6 heteroatoms. The van der Waals surface area contributed by atoms with E-state index in [1.165, 1.54) is 31.4 Å². The smallest absolute Gasteiger partial charge is 0.215 e. The van der Waals surface area contributed by atoms with Gasteiger partial charge in [-0.1, -0.05) is 48.7 Å². The Kier molecular flexibility index (Phi) is 7.16. The first-order valence-electron chi connectivity index (χ1n) is 9.57. The largest absolute Gasteiger partial charge is 0.372 e. The van der Waals surface area contributed by atoms with Crippen molar-refractivity contribution in [1.82, 2.24) is 4.72 Å². The monoisotopic (exact) mass is 406 g/mol. The summed E-state index contributed by atoms with van der Waals surface area (Å²) < 4.78 is 27.1. The van der Waals surface area contributed by atoms with E-state index < -0.39 is 10.0 Å². The third-order valence-corrected chi connectivity index (χ3v) is 6.52. The molecule has 1 aliphatic heterocycles. The molecule has 0 unspecified atom stereocenters. The van der Waals surface area contributed by atoms with Gasteiger partial charge in [-0.2, -0.15) is 0 Å². The first kappa shape index (κ1) is 20.2. The van der Waals surface area contributed by atoms with Gasteiger partial charge >= 0.3 is 0 Å². The van der Waals surface area contributed by atoms with Crippen LogP contribution < -0.4 is 9.62 Å². The summed E-state index contributed by atoms with van der Waals surface area (Å²) in [6.07, 6.45) is 5.85. The zero-order valence-corrected chi connectivity index (χ0v) is 17.1. The summed E-state index contributed by atoms with van der Waals surface area (Å²) in [5.41, 5.74) is 3.14. The quantitative estimate of drug-likeness (QED) is 0.742. The minimum Gasteiger partial charge on any atom is -0.372 e. The predicted molar refractivity (Wildman–Crippen MR) is 113 cm³/mol. The first-order valence-corrected chi connectivity index (χ1v) is 11.6. The predicted octanol–water partition coefficient (Wildman–Crippen LogP) is 4.38. The van der Waals surface area contributed by atoms with E-state index in [0.29, 0.717) is 18.0 Å². The standard InChI is InChI=1S/C21H27ClN2O2S/c22-20-9-5-19(6-10-20)17-27(25,26)23-14-13-18-7-11-21(12-8-18)24-15-3-1-2-4-16-24/h5-12,23H,1-4,13-17H2. The number of benzene rings is 2. The minimum absolute atomic E-state index is 0.0297. The number of halogens is 1. The van der Waals surface area contributed by atoms with E-state index >= 15 is 0 Å². The molecule has 0 atom stereocenters. The molecule has 1 saturated heterocycles. The molecule has 1 aliphatic rings. The van der Waals surface area contributed by atoms with Gasteiger partial charge in [-0.3, -0.25) is 0 Å². The topological polar surface area (TPSA) is 49.4 Å². The fourth-order valence-electron chi connectivity index (χ4n) is 3.40. The van der Waals surface area contributed by atoms with Gasteiger partial charge in [0.25, 0.3) is 0 Å². The second-order valence-electron chi connectivity index (χ2n) is 7.10. The molecule has 4 nitrogen and oxygen atoms in total. The summed E-state index contributed by atoms with van der Waals surface area (Å²) in [6.45, 7) is 2.66. The number of rotatable bonds is 7. The van der Waals surface area contributed by atoms with Gasteiger partial charge in [-0.25, -0.2) is 13.1 Å². The molecule has 0 saturated carbocycles. The van der Waals surface area contributed by atoms with Crippen molar-refractivity contribution >= 4 is 27.3 Å². The van der Waals surface area contributed by atoms with Crippen LogP contribution >= 0.6 is 11.6 Å². The Bertz CT molecular complexity index is 812. The van der Waals surface area contributed by atoms with Crippen LogP contribution in [-0.2, 0) is 22.2 Å². The van der Waals surface area contributed by atoms with Crippen molar-refractivity contribution in [2.24, 2.45) is 0 Å².